The monoisotopic (exact) mass is 540 g/mol. The number of hydrogen-bond donors (Lipinski definition) is 0. The topological polar surface area (TPSA) is 146 Å². The van der Waals surface area contributed by atoms with Crippen molar-refractivity contribution in [3.8, 4) is 11.4 Å². The van der Waals surface area contributed by atoms with E-state index in [-0.39, 0.29) is 102 Å². The van der Waals surface area contributed by atoms with Crippen molar-refractivity contribution in [2.75, 3.05) is 0 Å². The Morgan fingerprint density at radius 2 is 0.694 bits per heavy atom. The summed E-state index contributed by atoms with van der Waals surface area (Å²) in [5, 5.41) is -0.277. The average molecular weight is 540 g/mol. The molecule has 0 unspecified atom stereocenters. The van der Waals surface area contributed by atoms with Gasteiger partial charge in [0.1, 0.15) is 0 Å². The molecule has 0 atom stereocenters. The molecule has 2 heterocycles. The van der Waals surface area contributed by atoms with Crippen LogP contribution in [0, 0.1) is 0 Å². The molecule has 0 aliphatic heterocycles. The van der Waals surface area contributed by atoms with Gasteiger partial charge < -0.3 is 16.8 Å². The van der Waals surface area contributed by atoms with Crippen molar-refractivity contribution < 1.29 is 76.0 Å². The van der Waals surface area contributed by atoms with Gasteiger partial charge in [0, 0.05) is 0 Å². The van der Waals surface area contributed by atoms with Gasteiger partial charge in [0.2, 0.25) is 0 Å². The van der Waals surface area contributed by atoms with Crippen LogP contribution in [0.1, 0.15) is 0 Å². The molecule has 0 radical (unpaired) electrons. The summed E-state index contributed by atoms with van der Waals surface area (Å²) in [5.41, 5.74) is -2.62. The van der Waals surface area contributed by atoms with Crippen molar-refractivity contribution in [1.82, 2.24) is 9.13 Å². The van der Waals surface area contributed by atoms with Crippen molar-refractivity contribution in [2.24, 2.45) is 0 Å². The molecule has 0 saturated heterocycles. The van der Waals surface area contributed by atoms with E-state index in [1.807, 2.05) is 0 Å². The van der Waals surface area contributed by atoms with Crippen molar-refractivity contribution in [1.29, 1.82) is 0 Å². The summed E-state index contributed by atoms with van der Waals surface area (Å²) in [6.45, 7) is 0. The van der Waals surface area contributed by atoms with E-state index in [9.17, 15) is 36.0 Å². The van der Waals surface area contributed by atoms with Crippen LogP contribution >= 0.6 is 0 Å². The normalized spacial score (nSPS) is 11.2. The molecule has 10 nitrogen and oxygen atoms in total. The fraction of sp³-hybridized carbons (Fsp3) is 0. The number of benzene rings is 3. The molecule has 0 amide bonds. The molecule has 0 aliphatic rings. The predicted molar refractivity (Wildman–Crippen MR) is 122 cm³/mol. The molecule has 0 N–H and O–H groups in total. The zero-order valence-corrected chi connectivity index (χ0v) is 24.4. The fourth-order valence-corrected chi connectivity index (χ4v) is 4.57. The van der Waals surface area contributed by atoms with Gasteiger partial charge in [-0.15, -0.1) is 0 Å². The van der Waals surface area contributed by atoms with E-state index >= 15 is 0 Å². The number of fused-ring (bicyclic) bond motifs is 2. The molecule has 170 valence electrons. The van der Waals surface area contributed by atoms with Gasteiger partial charge >= 0.3 is 59.1 Å². The van der Waals surface area contributed by atoms with E-state index in [0.29, 0.717) is 0 Å². The third kappa shape index (κ3) is 4.52. The van der Waals surface area contributed by atoms with Crippen molar-refractivity contribution >= 4 is 43.0 Å². The number of aromatic nitrogens is 2. The van der Waals surface area contributed by atoms with E-state index in [2.05, 4.69) is 0 Å². The minimum Gasteiger partial charge on any atom is -0.420 e. The maximum Gasteiger partial charge on any atom is 1.00 e. The van der Waals surface area contributed by atoms with Crippen LogP contribution in [0.3, 0.4) is 0 Å². The van der Waals surface area contributed by atoms with E-state index in [1.165, 1.54) is 60.7 Å². The summed E-state index contributed by atoms with van der Waals surface area (Å²) in [5.74, 6) is 0. The fourth-order valence-electron chi connectivity index (χ4n) is 3.86. The first kappa shape index (κ1) is 28.4. The van der Waals surface area contributed by atoms with Crippen LogP contribution in [0.4, 0.5) is 0 Å². The molecule has 0 aliphatic carbocycles. The van der Waals surface area contributed by atoms with E-state index in [0.717, 1.165) is 9.13 Å². The van der Waals surface area contributed by atoms with E-state index in [4.69, 9.17) is 0 Å². The van der Waals surface area contributed by atoms with Gasteiger partial charge in [-0.05, 0) is 57.8 Å². The van der Waals surface area contributed by atoms with Crippen molar-refractivity contribution in [3.05, 3.63) is 102 Å². The Labute approximate surface area is 249 Å². The Balaban J connectivity index is 0.00000180. The molecule has 0 bridgehead atoms. The molecular weight excluding hydrogens is 530 g/mol. The SMILES string of the molecule is O=c1c2cc3c(=O)n(-c4ccc([S-](=O)=O)cc4)c(=O)c3cc2c(=O)n1-c1ccc([S-](=O)=O)cc1.[Na+].[Na+]. The predicted octanol–water partition coefficient (Wildman–Crippen LogP) is -4.76. The summed E-state index contributed by atoms with van der Waals surface area (Å²) in [7, 11) is -4.95. The second-order valence-electron chi connectivity index (χ2n) is 7.29. The Kier molecular flexibility index (Phi) is 8.43. The summed E-state index contributed by atoms with van der Waals surface area (Å²) in [6, 6.07) is 12.5. The van der Waals surface area contributed by atoms with Gasteiger partial charge in [0.05, 0.1) is 32.9 Å². The van der Waals surface area contributed by atoms with Gasteiger partial charge in [0.25, 0.3) is 22.2 Å². The van der Waals surface area contributed by atoms with Crippen LogP contribution in [0.25, 0.3) is 32.9 Å². The van der Waals surface area contributed by atoms with Crippen LogP contribution in [0.15, 0.2) is 89.6 Å². The molecule has 5 aromatic rings. The second kappa shape index (κ2) is 10.7. The molecular formula is C22H10N2Na2O8S2. The van der Waals surface area contributed by atoms with E-state index < -0.39 is 43.6 Å². The third-order valence-corrected chi connectivity index (χ3v) is 6.78. The molecule has 5 rings (SSSR count). The Hall–Kier alpha value is -2.16. The van der Waals surface area contributed by atoms with Crippen molar-refractivity contribution in [2.45, 2.75) is 9.79 Å². The smallest absolute Gasteiger partial charge is 0.420 e. The Morgan fingerprint density at radius 3 is 0.917 bits per heavy atom. The maximum atomic E-state index is 13.0. The quantitative estimate of drug-likeness (QED) is 0.163. The van der Waals surface area contributed by atoms with Crippen LogP contribution in [0.2, 0.25) is 0 Å². The van der Waals surface area contributed by atoms with Gasteiger partial charge in [-0.1, -0.05) is 34.1 Å². The molecule has 36 heavy (non-hydrogen) atoms. The number of hydrogen-bond acceptors (Lipinski definition) is 10. The Bertz CT molecular complexity index is 1780. The minimum absolute atomic E-state index is 0. The molecule has 3 aromatic carbocycles. The largest absolute Gasteiger partial charge is 1.00 e. The Morgan fingerprint density at radius 1 is 0.444 bits per heavy atom. The molecule has 0 spiro atoms. The van der Waals surface area contributed by atoms with Gasteiger partial charge in [-0.3, -0.25) is 19.2 Å². The zero-order valence-electron chi connectivity index (χ0n) is 18.8. The first-order valence-corrected chi connectivity index (χ1v) is 11.7. The molecule has 0 saturated carbocycles. The summed E-state index contributed by atoms with van der Waals surface area (Å²) < 4.78 is 45.9. The summed E-state index contributed by atoms with van der Waals surface area (Å²) in [4.78, 5) is 51.9. The second-order valence-corrected chi connectivity index (χ2v) is 9.17. The third-order valence-electron chi connectivity index (χ3n) is 5.47. The number of rotatable bonds is 4. The summed E-state index contributed by atoms with van der Waals surface area (Å²) in [6.07, 6.45) is 0. The van der Waals surface area contributed by atoms with Gasteiger partial charge in [0.15, 0.2) is 0 Å². The molecule has 2 aromatic heterocycles. The standard InChI is InChI=1S/C22H10N2O8S2.2Na/c25-19-15-9-17-18(22(28)24(21(17)27)12-3-7-14(8-4-12)34(31)32)10-16(15)20(26)23(19)11-1-5-13(6-2-11)33(29)30;;/h1-10H;;/q-2;2*+1. The zero-order chi connectivity index (χ0) is 24.3. The van der Waals surface area contributed by atoms with Crippen LogP contribution < -0.4 is 81.4 Å². The molecule has 14 heteroatoms. The number of nitrogens with zero attached hydrogens (tertiary/aromatic N) is 2. The van der Waals surface area contributed by atoms with Gasteiger partial charge in [-0.25, -0.2) is 9.13 Å². The van der Waals surface area contributed by atoms with Crippen molar-refractivity contribution in [3.63, 3.8) is 0 Å². The minimum atomic E-state index is -2.48. The maximum absolute atomic E-state index is 13.0. The summed E-state index contributed by atoms with van der Waals surface area (Å²) >= 11 is 0. The van der Waals surface area contributed by atoms with E-state index in [1.54, 1.807) is 0 Å². The van der Waals surface area contributed by atoms with Crippen LogP contribution in [-0.2, 0) is 38.2 Å². The van der Waals surface area contributed by atoms with Crippen LogP contribution in [0.5, 0.6) is 0 Å². The average Bonchev–Trinajstić information content (AvgIpc) is 3.22. The van der Waals surface area contributed by atoms with Gasteiger partial charge in [-0.2, -0.15) is 0 Å². The first-order valence-electron chi connectivity index (χ1n) is 9.53. The van der Waals surface area contributed by atoms with Crippen LogP contribution in [-0.4, -0.2) is 9.13 Å². The molecule has 0 fully saturated rings. The first-order chi connectivity index (χ1) is 16.2.